The van der Waals surface area contributed by atoms with Crippen molar-refractivity contribution in [2.45, 2.75) is 19.5 Å². The zero-order valence-electron chi connectivity index (χ0n) is 10.9. The fourth-order valence-corrected chi connectivity index (χ4v) is 2.03. The predicted molar refractivity (Wildman–Crippen MR) is 80.3 cm³/mol. The van der Waals surface area contributed by atoms with Crippen molar-refractivity contribution in [1.82, 2.24) is 10.3 Å². The van der Waals surface area contributed by atoms with Gasteiger partial charge in [0.05, 0.1) is 10.6 Å². The molecule has 1 N–H and O–H groups in total. The summed E-state index contributed by atoms with van der Waals surface area (Å²) in [5.74, 6) is 0. The quantitative estimate of drug-likeness (QED) is 0.669. The summed E-state index contributed by atoms with van der Waals surface area (Å²) in [4.78, 5) is 14.6. The molecule has 0 amide bonds. The highest BCUT2D eigenvalue weighted by Crippen LogP contribution is 2.19. The number of aromatic nitrogens is 1. The molecule has 104 valence electrons. The van der Waals surface area contributed by atoms with Crippen molar-refractivity contribution in [1.29, 1.82) is 0 Å². The fraction of sp³-hybridized carbons (Fsp3) is 0.214. The number of nitro benzene ring substituents is 1. The molecule has 0 aliphatic carbocycles. The molecule has 1 atom stereocenters. The van der Waals surface area contributed by atoms with Gasteiger partial charge in [0.15, 0.2) is 0 Å². The smallest absolute Gasteiger partial charge is 0.269 e. The SMILES string of the molecule is CC(NCc1ccc(Br)cn1)c1cccc([N+](=O)[O-])c1. The zero-order chi connectivity index (χ0) is 14.5. The van der Waals surface area contributed by atoms with Gasteiger partial charge in [-0.15, -0.1) is 0 Å². The van der Waals surface area contributed by atoms with E-state index in [0.29, 0.717) is 6.54 Å². The molecule has 0 radical (unpaired) electrons. The van der Waals surface area contributed by atoms with Crippen molar-refractivity contribution in [2.24, 2.45) is 0 Å². The van der Waals surface area contributed by atoms with Gasteiger partial charge in [-0.25, -0.2) is 0 Å². The van der Waals surface area contributed by atoms with Crippen LogP contribution in [0.3, 0.4) is 0 Å². The normalized spacial score (nSPS) is 12.1. The summed E-state index contributed by atoms with van der Waals surface area (Å²) in [7, 11) is 0. The van der Waals surface area contributed by atoms with Crippen LogP contribution in [0.15, 0.2) is 47.1 Å². The first kappa shape index (κ1) is 14.6. The maximum atomic E-state index is 10.8. The molecule has 1 heterocycles. The third kappa shape index (κ3) is 3.85. The molecule has 0 saturated heterocycles. The largest absolute Gasteiger partial charge is 0.305 e. The second-order valence-electron chi connectivity index (χ2n) is 4.42. The molecule has 20 heavy (non-hydrogen) atoms. The topological polar surface area (TPSA) is 68.1 Å². The number of non-ortho nitro benzene ring substituents is 1. The van der Waals surface area contributed by atoms with Crippen molar-refractivity contribution < 1.29 is 4.92 Å². The van der Waals surface area contributed by atoms with Crippen LogP contribution in [-0.4, -0.2) is 9.91 Å². The number of benzene rings is 1. The molecule has 5 nitrogen and oxygen atoms in total. The third-order valence-corrected chi connectivity index (χ3v) is 3.43. The minimum absolute atomic E-state index is 0.0142. The Morgan fingerprint density at radius 1 is 1.40 bits per heavy atom. The average molecular weight is 336 g/mol. The molecular weight excluding hydrogens is 322 g/mol. The van der Waals surface area contributed by atoms with E-state index in [2.05, 4.69) is 26.2 Å². The van der Waals surface area contributed by atoms with Gasteiger partial charge < -0.3 is 5.32 Å². The number of halogens is 1. The summed E-state index contributed by atoms with van der Waals surface area (Å²) in [6.07, 6.45) is 1.75. The van der Waals surface area contributed by atoms with Crippen LogP contribution >= 0.6 is 15.9 Å². The maximum Gasteiger partial charge on any atom is 0.269 e. The third-order valence-electron chi connectivity index (χ3n) is 2.96. The van der Waals surface area contributed by atoms with Crippen LogP contribution in [0.25, 0.3) is 0 Å². The van der Waals surface area contributed by atoms with Gasteiger partial charge in [-0.05, 0) is 40.5 Å². The Balaban J connectivity index is 2.01. The van der Waals surface area contributed by atoms with E-state index < -0.39 is 0 Å². The van der Waals surface area contributed by atoms with Crippen LogP contribution < -0.4 is 5.32 Å². The maximum absolute atomic E-state index is 10.8. The fourth-order valence-electron chi connectivity index (χ4n) is 1.79. The van der Waals surface area contributed by atoms with Gasteiger partial charge in [0.2, 0.25) is 0 Å². The highest BCUT2D eigenvalue weighted by atomic mass is 79.9. The minimum Gasteiger partial charge on any atom is -0.305 e. The van der Waals surface area contributed by atoms with E-state index in [1.807, 2.05) is 25.1 Å². The molecule has 2 rings (SSSR count). The Kier molecular flexibility index (Phi) is 4.81. The van der Waals surface area contributed by atoms with Crippen molar-refractivity contribution >= 4 is 21.6 Å². The lowest BCUT2D eigenvalue weighted by Crippen LogP contribution is -2.18. The molecule has 1 aromatic heterocycles. The Morgan fingerprint density at radius 3 is 2.85 bits per heavy atom. The first-order chi connectivity index (χ1) is 9.56. The molecule has 0 saturated carbocycles. The number of nitro groups is 1. The molecule has 0 fully saturated rings. The second kappa shape index (κ2) is 6.58. The number of hydrogen-bond donors (Lipinski definition) is 1. The van der Waals surface area contributed by atoms with Gasteiger partial charge in [-0.1, -0.05) is 12.1 Å². The number of pyridine rings is 1. The van der Waals surface area contributed by atoms with E-state index in [1.165, 1.54) is 6.07 Å². The van der Waals surface area contributed by atoms with E-state index in [-0.39, 0.29) is 16.7 Å². The first-order valence-corrected chi connectivity index (χ1v) is 6.94. The number of nitrogens with one attached hydrogen (secondary N) is 1. The van der Waals surface area contributed by atoms with Gasteiger partial charge >= 0.3 is 0 Å². The molecule has 1 unspecified atom stereocenters. The van der Waals surface area contributed by atoms with Gasteiger partial charge in [0, 0.05) is 35.4 Å². The van der Waals surface area contributed by atoms with E-state index in [1.54, 1.807) is 18.3 Å². The monoisotopic (exact) mass is 335 g/mol. The van der Waals surface area contributed by atoms with Crippen LogP contribution in [0.4, 0.5) is 5.69 Å². The standard InChI is InChI=1S/C14H14BrN3O2/c1-10(11-3-2-4-14(7-11)18(19)20)16-9-13-6-5-12(15)8-17-13/h2-8,10,16H,9H2,1H3. The summed E-state index contributed by atoms with van der Waals surface area (Å²) in [5, 5.41) is 14.1. The van der Waals surface area contributed by atoms with E-state index >= 15 is 0 Å². The Morgan fingerprint density at radius 2 is 2.20 bits per heavy atom. The van der Waals surface area contributed by atoms with Crippen LogP contribution in [-0.2, 0) is 6.54 Å². The summed E-state index contributed by atoms with van der Waals surface area (Å²) < 4.78 is 0.938. The second-order valence-corrected chi connectivity index (χ2v) is 5.34. The molecule has 6 heteroatoms. The number of nitrogens with zero attached hydrogens (tertiary/aromatic N) is 2. The minimum atomic E-state index is -0.382. The van der Waals surface area contributed by atoms with E-state index in [0.717, 1.165) is 15.7 Å². The summed E-state index contributed by atoms with van der Waals surface area (Å²) in [6.45, 7) is 2.58. The Bertz CT molecular complexity index is 602. The summed E-state index contributed by atoms with van der Waals surface area (Å²) >= 11 is 3.34. The van der Waals surface area contributed by atoms with Gasteiger partial charge in [-0.2, -0.15) is 0 Å². The van der Waals surface area contributed by atoms with E-state index in [9.17, 15) is 10.1 Å². The lowest BCUT2D eigenvalue weighted by atomic mass is 10.1. The van der Waals surface area contributed by atoms with Crippen LogP contribution in [0, 0.1) is 10.1 Å². The predicted octanol–water partition coefficient (Wildman–Crippen LogP) is 3.60. The highest BCUT2D eigenvalue weighted by molar-refractivity contribution is 9.10. The van der Waals surface area contributed by atoms with Crippen LogP contribution in [0.1, 0.15) is 24.2 Å². The molecular formula is C14H14BrN3O2. The molecule has 0 aliphatic heterocycles. The first-order valence-electron chi connectivity index (χ1n) is 6.14. The Hall–Kier alpha value is -1.79. The Labute approximate surface area is 125 Å². The van der Waals surface area contributed by atoms with Gasteiger partial charge in [0.25, 0.3) is 5.69 Å². The lowest BCUT2D eigenvalue weighted by Gasteiger charge is -2.13. The summed E-state index contributed by atoms with van der Waals surface area (Å²) in [6, 6.07) is 10.5. The zero-order valence-corrected chi connectivity index (χ0v) is 12.5. The number of rotatable bonds is 5. The molecule has 1 aromatic carbocycles. The number of hydrogen-bond acceptors (Lipinski definition) is 4. The molecule has 0 spiro atoms. The van der Waals surface area contributed by atoms with Gasteiger partial charge in [-0.3, -0.25) is 15.1 Å². The summed E-state index contributed by atoms with van der Waals surface area (Å²) in [5.41, 5.74) is 1.92. The molecule has 0 aliphatic rings. The molecule has 2 aromatic rings. The van der Waals surface area contributed by atoms with Crippen molar-refractivity contribution in [3.05, 3.63) is 68.4 Å². The highest BCUT2D eigenvalue weighted by Gasteiger charge is 2.10. The van der Waals surface area contributed by atoms with Crippen molar-refractivity contribution in [3.63, 3.8) is 0 Å². The van der Waals surface area contributed by atoms with Crippen molar-refractivity contribution in [3.8, 4) is 0 Å². The van der Waals surface area contributed by atoms with Gasteiger partial charge in [0.1, 0.15) is 0 Å². The average Bonchev–Trinajstić information content (AvgIpc) is 2.46. The lowest BCUT2D eigenvalue weighted by molar-refractivity contribution is -0.384. The van der Waals surface area contributed by atoms with E-state index in [4.69, 9.17) is 0 Å². The van der Waals surface area contributed by atoms with Crippen LogP contribution in [0.5, 0.6) is 0 Å². The molecule has 0 bridgehead atoms. The van der Waals surface area contributed by atoms with Crippen LogP contribution in [0.2, 0.25) is 0 Å². The van der Waals surface area contributed by atoms with Crippen molar-refractivity contribution in [2.75, 3.05) is 0 Å².